The minimum absolute atomic E-state index is 0.808. The van der Waals surface area contributed by atoms with Crippen LogP contribution in [0.2, 0.25) is 5.02 Å². The van der Waals surface area contributed by atoms with Crippen LogP contribution in [-0.4, -0.2) is 15.0 Å². The maximum absolute atomic E-state index is 6.15. The highest BCUT2D eigenvalue weighted by molar-refractivity contribution is 6.31. The zero-order chi connectivity index (χ0) is 13.8. The van der Waals surface area contributed by atoms with Crippen molar-refractivity contribution in [2.45, 2.75) is 12.8 Å². The molecule has 100 valence electrons. The first-order valence-electron chi connectivity index (χ1n) is 6.53. The van der Waals surface area contributed by atoms with Crippen molar-refractivity contribution in [1.29, 1.82) is 0 Å². The molecule has 4 heteroatoms. The third-order valence-electron chi connectivity index (χ3n) is 3.17. The lowest BCUT2D eigenvalue weighted by Crippen LogP contribution is -1.93. The number of rotatable bonds is 4. The van der Waals surface area contributed by atoms with Crippen LogP contribution in [0.5, 0.6) is 0 Å². The van der Waals surface area contributed by atoms with Crippen LogP contribution in [0.1, 0.15) is 11.3 Å². The van der Waals surface area contributed by atoms with Crippen LogP contribution in [0.25, 0.3) is 5.69 Å². The lowest BCUT2D eigenvalue weighted by molar-refractivity contribution is 0.794. The summed E-state index contributed by atoms with van der Waals surface area (Å²) >= 11 is 6.15. The van der Waals surface area contributed by atoms with Crippen molar-refractivity contribution in [3.8, 4) is 5.69 Å². The Bertz CT molecular complexity index is 692. The van der Waals surface area contributed by atoms with E-state index in [1.165, 1.54) is 0 Å². The van der Waals surface area contributed by atoms with Crippen LogP contribution in [0.15, 0.2) is 60.8 Å². The Morgan fingerprint density at radius 1 is 0.900 bits per heavy atom. The van der Waals surface area contributed by atoms with E-state index in [4.69, 9.17) is 11.6 Å². The molecule has 2 aromatic carbocycles. The number of nitrogens with zero attached hydrogens (tertiary/aromatic N) is 3. The van der Waals surface area contributed by atoms with Crippen LogP contribution in [-0.2, 0) is 12.8 Å². The highest BCUT2D eigenvalue weighted by atomic mass is 35.5. The Hall–Kier alpha value is -2.13. The van der Waals surface area contributed by atoms with E-state index < -0.39 is 0 Å². The second kappa shape index (κ2) is 5.88. The first-order valence-corrected chi connectivity index (χ1v) is 6.91. The summed E-state index contributed by atoms with van der Waals surface area (Å²) in [7, 11) is 0. The number of hydrogen-bond donors (Lipinski definition) is 0. The average Bonchev–Trinajstić information content (AvgIpc) is 2.96. The van der Waals surface area contributed by atoms with Crippen molar-refractivity contribution in [3.63, 3.8) is 0 Å². The molecular formula is C16H14ClN3. The Kier molecular flexibility index (Phi) is 3.79. The standard InChI is InChI=1S/C16H14ClN3/c17-16-9-5-4-6-13(16)10-11-14-12-20(19-18-14)15-7-2-1-3-8-15/h1-9,12H,10-11H2. The molecule has 0 radical (unpaired) electrons. The third kappa shape index (κ3) is 2.89. The highest BCUT2D eigenvalue weighted by Gasteiger charge is 2.04. The molecule has 0 aliphatic rings. The molecule has 1 heterocycles. The topological polar surface area (TPSA) is 30.7 Å². The van der Waals surface area contributed by atoms with Gasteiger partial charge in [0.2, 0.25) is 0 Å². The summed E-state index contributed by atoms with van der Waals surface area (Å²) in [6.07, 6.45) is 3.66. The molecule has 0 saturated carbocycles. The predicted molar refractivity (Wildman–Crippen MR) is 80.2 cm³/mol. The first-order chi connectivity index (χ1) is 9.83. The molecule has 0 atom stereocenters. The summed E-state index contributed by atoms with van der Waals surface area (Å²) in [4.78, 5) is 0. The van der Waals surface area contributed by atoms with Crippen molar-refractivity contribution in [2.75, 3.05) is 0 Å². The normalized spacial score (nSPS) is 10.7. The predicted octanol–water partition coefficient (Wildman–Crippen LogP) is 3.71. The molecule has 0 aliphatic carbocycles. The van der Waals surface area contributed by atoms with Gasteiger partial charge in [-0.15, -0.1) is 5.10 Å². The third-order valence-corrected chi connectivity index (χ3v) is 3.54. The minimum Gasteiger partial charge on any atom is -0.220 e. The monoisotopic (exact) mass is 283 g/mol. The fourth-order valence-electron chi connectivity index (χ4n) is 2.08. The molecule has 3 aromatic rings. The van der Waals surface area contributed by atoms with Gasteiger partial charge in [0.05, 0.1) is 17.6 Å². The second-order valence-electron chi connectivity index (χ2n) is 4.58. The highest BCUT2D eigenvalue weighted by Crippen LogP contribution is 2.17. The van der Waals surface area contributed by atoms with Gasteiger partial charge in [-0.2, -0.15) is 0 Å². The minimum atomic E-state index is 0.808. The van der Waals surface area contributed by atoms with Crippen LogP contribution >= 0.6 is 11.6 Å². The van der Waals surface area contributed by atoms with E-state index in [-0.39, 0.29) is 0 Å². The average molecular weight is 284 g/mol. The van der Waals surface area contributed by atoms with E-state index >= 15 is 0 Å². The lowest BCUT2D eigenvalue weighted by atomic mass is 10.1. The quantitative estimate of drug-likeness (QED) is 0.731. The molecule has 0 N–H and O–H groups in total. The summed E-state index contributed by atoms with van der Waals surface area (Å²) in [6.45, 7) is 0. The number of halogens is 1. The Morgan fingerprint density at radius 3 is 2.45 bits per heavy atom. The summed E-state index contributed by atoms with van der Waals surface area (Å²) in [5.74, 6) is 0. The number of hydrogen-bond acceptors (Lipinski definition) is 2. The molecule has 1 aromatic heterocycles. The molecule has 0 fully saturated rings. The second-order valence-corrected chi connectivity index (χ2v) is 4.99. The van der Waals surface area contributed by atoms with Gasteiger partial charge in [-0.05, 0) is 36.6 Å². The van der Waals surface area contributed by atoms with E-state index in [9.17, 15) is 0 Å². The summed E-state index contributed by atoms with van der Waals surface area (Å²) in [5.41, 5.74) is 3.13. The summed E-state index contributed by atoms with van der Waals surface area (Å²) < 4.78 is 1.79. The largest absolute Gasteiger partial charge is 0.220 e. The zero-order valence-corrected chi connectivity index (χ0v) is 11.7. The molecule has 3 rings (SSSR count). The maximum atomic E-state index is 6.15. The van der Waals surface area contributed by atoms with E-state index in [2.05, 4.69) is 10.3 Å². The SMILES string of the molecule is Clc1ccccc1CCc1cn(-c2ccccc2)nn1. The van der Waals surface area contributed by atoms with E-state index in [1.54, 1.807) is 4.68 Å². The number of para-hydroxylation sites is 1. The van der Waals surface area contributed by atoms with Gasteiger partial charge in [-0.3, -0.25) is 0 Å². The van der Waals surface area contributed by atoms with Gasteiger partial charge in [-0.25, -0.2) is 4.68 Å². The number of benzene rings is 2. The molecule has 0 unspecified atom stereocenters. The molecule has 3 nitrogen and oxygen atoms in total. The number of aryl methyl sites for hydroxylation is 2. The number of aromatic nitrogens is 3. The van der Waals surface area contributed by atoms with Crippen molar-refractivity contribution in [1.82, 2.24) is 15.0 Å². The molecule has 0 aliphatic heterocycles. The van der Waals surface area contributed by atoms with Gasteiger partial charge in [0, 0.05) is 5.02 Å². The van der Waals surface area contributed by atoms with Crippen LogP contribution in [0, 0.1) is 0 Å². The Morgan fingerprint density at radius 2 is 1.65 bits per heavy atom. The van der Waals surface area contributed by atoms with Gasteiger partial charge in [-0.1, -0.05) is 53.2 Å². The molecule has 20 heavy (non-hydrogen) atoms. The zero-order valence-electron chi connectivity index (χ0n) is 10.9. The fourth-order valence-corrected chi connectivity index (χ4v) is 2.31. The van der Waals surface area contributed by atoms with Crippen molar-refractivity contribution in [2.24, 2.45) is 0 Å². The Balaban J connectivity index is 1.71. The van der Waals surface area contributed by atoms with Crippen LogP contribution in [0.3, 0.4) is 0 Å². The van der Waals surface area contributed by atoms with Crippen LogP contribution in [0.4, 0.5) is 0 Å². The van der Waals surface area contributed by atoms with E-state index in [0.29, 0.717) is 0 Å². The molecule has 0 spiro atoms. The van der Waals surface area contributed by atoms with Crippen LogP contribution < -0.4 is 0 Å². The molecular weight excluding hydrogens is 270 g/mol. The van der Waals surface area contributed by atoms with Gasteiger partial charge in [0.1, 0.15) is 0 Å². The smallest absolute Gasteiger partial charge is 0.0835 e. The summed E-state index contributed by atoms with van der Waals surface area (Å²) in [5, 5.41) is 9.17. The molecule has 0 bridgehead atoms. The van der Waals surface area contributed by atoms with E-state index in [0.717, 1.165) is 34.8 Å². The maximum Gasteiger partial charge on any atom is 0.0835 e. The van der Waals surface area contributed by atoms with Crippen molar-refractivity contribution >= 4 is 11.6 Å². The van der Waals surface area contributed by atoms with Gasteiger partial charge >= 0.3 is 0 Å². The molecule has 0 saturated heterocycles. The van der Waals surface area contributed by atoms with Gasteiger partial charge in [0.25, 0.3) is 0 Å². The fraction of sp³-hybridized carbons (Fsp3) is 0.125. The Labute approximate surface area is 122 Å². The van der Waals surface area contributed by atoms with Crippen molar-refractivity contribution in [3.05, 3.63) is 77.1 Å². The van der Waals surface area contributed by atoms with Crippen molar-refractivity contribution < 1.29 is 0 Å². The lowest BCUT2D eigenvalue weighted by Gasteiger charge is -2.01. The van der Waals surface area contributed by atoms with E-state index in [1.807, 2.05) is 60.8 Å². The van der Waals surface area contributed by atoms with Gasteiger partial charge in [0.15, 0.2) is 0 Å². The van der Waals surface area contributed by atoms with Gasteiger partial charge < -0.3 is 0 Å². The summed E-state index contributed by atoms with van der Waals surface area (Å²) in [6, 6.07) is 17.9. The first kappa shape index (κ1) is 12.9. The molecule has 0 amide bonds.